The minimum absolute atomic E-state index is 0.103. The van der Waals surface area contributed by atoms with Gasteiger partial charge in [0.15, 0.2) is 12.2 Å². The van der Waals surface area contributed by atoms with Gasteiger partial charge in [0, 0.05) is 25.7 Å². The summed E-state index contributed by atoms with van der Waals surface area (Å²) in [5.74, 6) is 0.225. The molecule has 98 heavy (non-hydrogen) atoms. The SMILES string of the molecule is CCCCCCCCCCCCC(=O)OC[C@H](COP(=O)(O)OC[C@H](O)COP(=O)(O)OC[C@@H](COC(=O)CCCCCCCCCCCCCCCCCCC(C)C)OC(=O)CCCCCCCCCCCCCCCCCCC(C)C)OC(=O)CCCCCCCCC(C)CC. The summed E-state index contributed by atoms with van der Waals surface area (Å²) in [6, 6.07) is 0. The Morgan fingerprint density at radius 2 is 0.520 bits per heavy atom. The third-order valence-electron chi connectivity index (χ3n) is 18.7. The molecule has 6 atom stereocenters. The normalized spacial score (nSPS) is 14.3. The largest absolute Gasteiger partial charge is 0.472 e. The fourth-order valence-electron chi connectivity index (χ4n) is 12.1. The summed E-state index contributed by atoms with van der Waals surface area (Å²) < 4.78 is 68.6. The number of hydrogen-bond donors (Lipinski definition) is 3. The van der Waals surface area contributed by atoms with Crippen molar-refractivity contribution in [1.29, 1.82) is 0 Å². The van der Waals surface area contributed by atoms with Crippen LogP contribution in [-0.4, -0.2) is 96.7 Å². The number of unbranched alkanes of at least 4 members (excludes halogenated alkanes) is 44. The lowest BCUT2D eigenvalue weighted by atomic mass is 10.00. The molecule has 17 nitrogen and oxygen atoms in total. The average molecular weight is 1440 g/mol. The van der Waals surface area contributed by atoms with Crippen LogP contribution in [0.1, 0.15) is 408 Å². The van der Waals surface area contributed by atoms with Crippen LogP contribution < -0.4 is 0 Å². The maximum Gasteiger partial charge on any atom is 0.472 e. The van der Waals surface area contributed by atoms with Crippen molar-refractivity contribution >= 4 is 39.5 Å². The van der Waals surface area contributed by atoms with Crippen molar-refractivity contribution in [3.05, 3.63) is 0 Å². The molecule has 582 valence electrons. The number of rotatable bonds is 77. The van der Waals surface area contributed by atoms with Gasteiger partial charge >= 0.3 is 39.5 Å². The van der Waals surface area contributed by atoms with Crippen LogP contribution in [0.3, 0.4) is 0 Å². The first kappa shape index (κ1) is 96.1. The predicted octanol–water partition coefficient (Wildman–Crippen LogP) is 23.4. The zero-order chi connectivity index (χ0) is 72.3. The number of carbonyl (C=O) groups excluding carboxylic acids is 4. The summed E-state index contributed by atoms with van der Waals surface area (Å²) in [6.07, 6.45) is 57.0. The van der Waals surface area contributed by atoms with E-state index in [-0.39, 0.29) is 25.7 Å². The number of ether oxygens (including phenoxy) is 4. The summed E-state index contributed by atoms with van der Waals surface area (Å²) >= 11 is 0. The number of aliphatic hydroxyl groups excluding tert-OH is 1. The molecular weight excluding hydrogens is 1280 g/mol. The fraction of sp³-hybridized carbons (Fsp3) is 0.949. The number of aliphatic hydroxyl groups is 1. The van der Waals surface area contributed by atoms with Gasteiger partial charge < -0.3 is 33.8 Å². The molecular formula is C79H154O17P2. The standard InChI is InChI=1S/C79H154O17P2/c1-8-10-11-12-13-14-33-38-46-53-60-76(81)90-67-75(96-79(84)63-56-49-42-41-45-52-59-72(7)9-2)69-94-98(87,88)92-65-73(80)64-91-97(85,86)93-68-74(95-78(83)62-55-48-40-35-30-26-22-18-16-20-24-28-32-37-44-51-58-71(5)6)66-89-77(82)61-54-47-39-34-29-25-21-17-15-19-23-27-31-36-43-50-57-70(3)4/h70-75,80H,8-69H2,1-7H3,(H,85,86)(H,87,88)/t72?,73-,74-,75-/m1/s1. The molecule has 0 amide bonds. The molecule has 0 aromatic rings. The smallest absolute Gasteiger partial charge is 0.462 e. The monoisotopic (exact) mass is 1440 g/mol. The molecule has 0 bridgehead atoms. The summed E-state index contributed by atoms with van der Waals surface area (Å²) in [6.45, 7) is 11.9. The Bertz CT molecular complexity index is 1910. The first-order chi connectivity index (χ1) is 47.3. The number of esters is 4. The van der Waals surface area contributed by atoms with Crippen molar-refractivity contribution in [2.24, 2.45) is 17.8 Å². The second-order valence-corrected chi connectivity index (χ2v) is 32.6. The van der Waals surface area contributed by atoms with E-state index in [4.69, 9.17) is 37.0 Å². The molecule has 0 radical (unpaired) electrons. The van der Waals surface area contributed by atoms with Crippen molar-refractivity contribution < 1.29 is 80.2 Å². The maximum atomic E-state index is 13.1. The molecule has 0 aromatic heterocycles. The highest BCUT2D eigenvalue weighted by molar-refractivity contribution is 7.47. The lowest BCUT2D eigenvalue weighted by molar-refractivity contribution is -0.161. The van der Waals surface area contributed by atoms with Gasteiger partial charge in [-0.2, -0.15) is 0 Å². The van der Waals surface area contributed by atoms with Crippen molar-refractivity contribution in [3.63, 3.8) is 0 Å². The van der Waals surface area contributed by atoms with Crippen LogP contribution in [0.5, 0.6) is 0 Å². The number of phosphoric ester groups is 2. The van der Waals surface area contributed by atoms with Gasteiger partial charge in [0.25, 0.3) is 0 Å². The third-order valence-corrected chi connectivity index (χ3v) is 20.6. The van der Waals surface area contributed by atoms with Crippen LogP contribution in [-0.2, 0) is 65.4 Å². The van der Waals surface area contributed by atoms with Crippen molar-refractivity contribution in [2.75, 3.05) is 39.6 Å². The van der Waals surface area contributed by atoms with E-state index in [1.165, 1.54) is 218 Å². The van der Waals surface area contributed by atoms with Gasteiger partial charge in [0.2, 0.25) is 0 Å². The molecule has 0 aliphatic carbocycles. The highest BCUT2D eigenvalue weighted by Gasteiger charge is 2.30. The lowest BCUT2D eigenvalue weighted by Gasteiger charge is -2.21. The number of carbonyl (C=O) groups is 4. The average Bonchev–Trinajstić information content (AvgIpc) is 1.14. The zero-order valence-electron chi connectivity index (χ0n) is 64.3. The molecule has 0 heterocycles. The van der Waals surface area contributed by atoms with E-state index in [9.17, 15) is 43.2 Å². The van der Waals surface area contributed by atoms with E-state index >= 15 is 0 Å². The van der Waals surface area contributed by atoms with E-state index in [0.717, 1.165) is 108 Å². The first-order valence-corrected chi connectivity index (χ1v) is 43.9. The Balaban J connectivity index is 5.21. The van der Waals surface area contributed by atoms with Crippen LogP contribution in [0.25, 0.3) is 0 Å². The minimum atomic E-state index is -4.96. The maximum absolute atomic E-state index is 13.1. The summed E-state index contributed by atoms with van der Waals surface area (Å²) in [5.41, 5.74) is 0. The molecule has 0 aliphatic rings. The predicted molar refractivity (Wildman–Crippen MR) is 400 cm³/mol. The van der Waals surface area contributed by atoms with Crippen LogP contribution >= 0.6 is 15.6 Å². The molecule has 3 unspecified atom stereocenters. The lowest BCUT2D eigenvalue weighted by Crippen LogP contribution is -2.30. The van der Waals surface area contributed by atoms with Gasteiger partial charge in [-0.25, -0.2) is 9.13 Å². The summed E-state index contributed by atoms with van der Waals surface area (Å²) in [4.78, 5) is 72.9. The number of hydrogen-bond acceptors (Lipinski definition) is 15. The molecule has 0 spiro atoms. The van der Waals surface area contributed by atoms with Crippen molar-refractivity contribution in [1.82, 2.24) is 0 Å². The third kappa shape index (κ3) is 71.1. The van der Waals surface area contributed by atoms with Gasteiger partial charge in [0.1, 0.15) is 19.3 Å². The van der Waals surface area contributed by atoms with E-state index < -0.39 is 97.5 Å². The van der Waals surface area contributed by atoms with Crippen LogP contribution in [0.15, 0.2) is 0 Å². The van der Waals surface area contributed by atoms with Crippen LogP contribution in [0.4, 0.5) is 0 Å². The van der Waals surface area contributed by atoms with E-state index in [2.05, 4.69) is 48.5 Å². The van der Waals surface area contributed by atoms with Gasteiger partial charge in [-0.1, -0.05) is 357 Å². The Morgan fingerprint density at radius 3 is 0.776 bits per heavy atom. The fourth-order valence-corrected chi connectivity index (χ4v) is 13.7. The highest BCUT2D eigenvalue weighted by Crippen LogP contribution is 2.45. The Kier molecular flexibility index (Phi) is 68.1. The zero-order valence-corrected chi connectivity index (χ0v) is 66.0. The molecule has 0 fully saturated rings. The Labute approximate surface area is 600 Å². The second-order valence-electron chi connectivity index (χ2n) is 29.6. The van der Waals surface area contributed by atoms with E-state index in [1.807, 2.05) is 0 Å². The Hall–Kier alpha value is -1.94. The number of phosphoric acid groups is 2. The van der Waals surface area contributed by atoms with Crippen molar-refractivity contribution in [2.45, 2.75) is 426 Å². The van der Waals surface area contributed by atoms with Crippen LogP contribution in [0, 0.1) is 17.8 Å². The molecule has 19 heteroatoms. The molecule has 0 saturated carbocycles. The second kappa shape index (κ2) is 69.4. The molecule has 0 aromatic carbocycles. The highest BCUT2D eigenvalue weighted by atomic mass is 31.2. The Morgan fingerprint density at radius 1 is 0.296 bits per heavy atom. The van der Waals surface area contributed by atoms with Gasteiger partial charge in [0.05, 0.1) is 26.4 Å². The van der Waals surface area contributed by atoms with Gasteiger partial charge in [-0.3, -0.25) is 37.3 Å². The molecule has 0 rings (SSSR count). The molecule has 0 saturated heterocycles. The van der Waals surface area contributed by atoms with Gasteiger partial charge in [-0.05, 0) is 43.4 Å². The van der Waals surface area contributed by atoms with E-state index in [0.29, 0.717) is 25.7 Å². The van der Waals surface area contributed by atoms with Crippen LogP contribution in [0.2, 0.25) is 0 Å². The topological polar surface area (TPSA) is 237 Å². The summed E-state index contributed by atoms with van der Waals surface area (Å²) in [5, 5.41) is 10.6. The van der Waals surface area contributed by atoms with Crippen molar-refractivity contribution in [3.8, 4) is 0 Å². The molecule has 3 N–H and O–H groups in total. The van der Waals surface area contributed by atoms with Gasteiger partial charge in [-0.15, -0.1) is 0 Å². The first-order valence-electron chi connectivity index (χ1n) is 40.9. The molecule has 0 aliphatic heterocycles. The summed E-state index contributed by atoms with van der Waals surface area (Å²) in [7, 11) is -9.91. The van der Waals surface area contributed by atoms with E-state index in [1.54, 1.807) is 0 Å². The quantitative estimate of drug-likeness (QED) is 0.0222. The minimum Gasteiger partial charge on any atom is -0.462 e.